The third-order valence-corrected chi connectivity index (χ3v) is 6.29. The fourth-order valence-electron chi connectivity index (χ4n) is 2.95. The number of hydrogen-bond acceptors (Lipinski definition) is 4. The second-order valence-electron chi connectivity index (χ2n) is 5.79. The van der Waals surface area contributed by atoms with Gasteiger partial charge in [-0.25, -0.2) is 13.8 Å². The Hall–Kier alpha value is -2.56. The number of hydrogen-bond donors (Lipinski definition) is 1. The molecule has 1 aromatic carbocycles. The molecule has 0 saturated carbocycles. The van der Waals surface area contributed by atoms with Crippen molar-refractivity contribution < 1.29 is 13.6 Å². The predicted octanol–water partition coefficient (Wildman–Crippen LogP) is 4.87. The molecule has 0 radical (unpaired) electrons. The van der Waals surface area contributed by atoms with Crippen LogP contribution in [0.1, 0.15) is 32.2 Å². The van der Waals surface area contributed by atoms with E-state index in [0.717, 1.165) is 52.4 Å². The Labute approximate surface area is 156 Å². The first-order chi connectivity index (χ1) is 12.6. The smallest absolute Gasteiger partial charge is 0.263 e. The van der Waals surface area contributed by atoms with Gasteiger partial charge in [-0.2, -0.15) is 0 Å². The minimum atomic E-state index is -0.903. The minimum absolute atomic E-state index is 0.323. The molecule has 0 aliphatic heterocycles. The number of nitrogens with one attached hydrogen (secondary N) is 1. The van der Waals surface area contributed by atoms with Crippen LogP contribution in [0.4, 0.5) is 13.9 Å². The molecule has 1 amide bonds. The molecule has 2 heterocycles. The van der Waals surface area contributed by atoms with Crippen LogP contribution in [0.5, 0.6) is 0 Å². The monoisotopic (exact) mass is 386 g/mol. The van der Waals surface area contributed by atoms with Crippen LogP contribution in [0.2, 0.25) is 0 Å². The number of amides is 1. The van der Waals surface area contributed by atoms with Crippen LogP contribution in [0.15, 0.2) is 24.3 Å². The largest absolute Gasteiger partial charge is 0.298 e. The maximum Gasteiger partial charge on any atom is 0.263 e. The number of anilines is 1. The predicted molar refractivity (Wildman–Crippen MR) is 99.7 cm³/mol. The topological polar surface area (TPSA) is 42.0 Å². The van der Waals surface area contributed by atoms with Gasteiger partial charge in [0.25, 0.3) is 5.91 Å². The van der Waals surface area contributed by atoms with Gasteiger partial charge in [-0.15, -0.1) is 17.8 Å². The van der Waals surface area contributed by atoms with Gasteiger partial charge >= 0.3 is 0 Å². The van der Waals surface area contributed by atoms with Crippen molar-refractivity contribution in [1.82, 2.24) is 4.98 Å². The standard InChI is InChI=1S/C19H12F2N2OS2/c1-2-10-9-11-15(25-10)8-4-7-14-17(11)26-19(22-14)23-18(24)16-12(20)5-3-6-13(16)21/h1,3,5-6,9H,4,7-8H2,(H,22,23,24). The number of nitrogens with zero attached hydrogens (tertiary/aromatic N) is 1. The molecule has 4 rings (SSSR count). The van der Waals surface area contributed by atoms with Crippen molar-refractivity contribution in [1.29, 1.82) is 0 Å². The summed E-state index contributed by atoms with van der Waals surface area (Å²) in [4.78, 5) is 19.8. The number of halogens is 2. The van der Waals surface area contributed by atoms with Crippen LogP contribution in [-0.4, -0.2) is 10.9 Å². The van der Waals surface area contributed by atoms with Crippen molar-refractivity contribution in [2.24, 2.45) is 0 Å². The third kappa shape index (κ3) is 2.91. The zero-order valence-corrected chi connectivity index (χ0v) is 15.1. The number of aromatic nitrogens is 1. The zero-order valence-electron chi connectivity index (χ0n) is 13.4. The van der Waals surface area contributed by atoms with E-state index >= 15 is 0 Å². The molecule has 26 heavy (non-hydrogen) atoms. The first-order valence-electron chi connectivity index (χ1n) is 7.91. The fraction of sp³-hybridized carbons (Fsp3) is 0.158. The molecule has 0 spiro atoms. The Morgan fingerprint density at radius 2 is 2.00 bits per heavy atom. The molecule has 130 valence electrons. The highest BCUT2D eigenvalue weighted by atomic mass is 32.1. The molecule has 0 bridgehead atoms. The van der Waals surface area contributed by atoms with Crippen molar-refractivity contribution in [3.63, 3.8) is 0 Å². The number of fused-ring (bicyclic) bond motifs is 3. The van der Waals surface area contributed by atoms with Crippen molar-refractivity contribution >= 4 is 33.7 Å². The Balaban J connectivity index is 1.68. The Bertz CT molecular complexity index is 1040. The molecular formula is C19H12F2N2OS2. The molecular weight excluding hydrogens is 374 g/mol. The SMILES string of the molecule is C#Cc1cc2c(s1)CCCc1nc(NC(=O)c3c(F)cccc3F)sc1-2. The van der Waals surface area contributed by atoms with E-state index in [4.69, 9.17) is 6.42 Å². The molecule has 0 fully saturated rings. The van der Waals surface area contributed by atoms with Crippen LogP contribution < -0.4 is 5.32 Å². The van der Waals surface area contributed by atoms with Crippen molar-refractivity contribution in [3.8, 4) is 22.8 Å². The molecule has 7 heteroatoms. The summed E-state index contributed by atoms with van der Waals surface area (Å²) >= 11 is 2.89. The maximum absolute atomic E-state index is 13.8. The van der Waals surface area contributed by atoms with Crippen molar-refractivity contribution in [2.45, 2.75) is 19.3 Å². The summed E-state index contributed by atoms with van der Waals surface area (Å²) < 4.78 is 27.6. The average molecular weight is 386 g/mol. The first-order valence-corrected chi connectivity index (χ1v) is 9.55. The van der Waals surface area contributed by atoms with E-state index < -0.39 is 23.1 Å². The Morgan fingerprint density at radius 3 is 2.73 bits per heavy atom. The van der Waals surface area contributed by atoms with Crippen molar-refractivity contribution in [3.05, 3.63) is 56.9 Å². The van der Waals surface area contributed by atoms with Crippen LogP contribution >= 0.6 is 22.7 Å². The van der Waals surface area contributed by atoms with E-state index in [-0.39, 0.29) is 0 Å². The summed E-state index contributed by atoms with van der Waals surface area (Å²) in [6.45, 7) is 0. The summed E-state index contributed by atoms with van der Waals surface area (Å²) in [5, 5.41) is 2.84. The molecule has 0 atom stereocenters. The normalized spacial score (nSPS) is 12.7. The van der Waals surface area contributed by atoms with E-state index in [1.165, 1.54) is 22.3 Å². The average Bonchev–Trinajstić information content (AvgIpc) is 3.15. The highest BCUT2D eigenvalue weighted by molar-refractivity contribution is 7.20. The lowest BCUT2D eigenvalue weighted by Crippen LogP contribution is -2.15. The molecule has 1 aliphatic carbocycles. The molecule has 0 unspecified atom stereocenters. The summed E-state index contributed by atoms with van der Waals surface area (Å²) in [6.07, 6.45) is 8.16. The molecule has 3 nitrogen and oxygen atoms in total. The number of carbonyl (C=O) groups is 1. The Kier molecular flexibility index (Phi) is 4.31. The number of terminal acetylenes is 1. The number of aryl methyl sites for hydroxylation is 2. The maximum atomic E-state index is 13.8. The fourth-order valence-corrected chi connectivity index (χ4v) is 5.09. The van der Waals surface area contributed by atoms with Crippen LogP contribution in [0.3, 0.4) is 0 Å². The van der Waals surface area contributed by atoms with Gasteiger partial charge in [0, 0.05) is 10.4 Å². The number of benzene rings is 1. The van der Waals surface area contributed by atoms with Gasteiger partial charge < -0.3 is 0 Å². The van der Waals surface area contributed by atoms with Gasteiger partial charge in [-0.3, -0.25) is 10.1 Å². The number of carbonyl (C=O) groups excluding carboxylic acids is 1. The quantitative estimate of drug-likeness (QED) is 0.639. The van der Waals surface area contributed by atoms with E-state index in [1.54, 1.807) is 11.3 Å². The molecule has 3 aromatic rings. The number of rotatable bonds is 2. The third-order valence-electron chi connectivity index (χ3n) is 4.12. The van der Waals surface area contributed by atoms with Crippen molar-refractivity contribution in [2.75, 3.05) is 5.32 Å². The second-order valence-corrected chi connectivity index (χ2v) is 7.93. The minimum Gasteiger partial charge on any atom is -0.298 e. The first kappa shape index (κ1) is 16.9. The number of thiophene rings is 1. The van der Waals surface area contributed by atoms with E-state index in [9.17, 15) is 13.6 Å². The highest BCUT2D eigenvalue weighted by Gasteiger charge is 2.23. The molecule has 2 aromatic heterocycles. The summed E-state index contributed by atoms with van der Waals surface area (Å²) in [6, 6.07) is 5.28. The summed E-state index contributed by atoms with van der Waals surface area (Å²) in [5.74, 6) is 0.00356. The lowest BCUT2D eigenvalue weighted by molar-refractivity contribution is 0.101. The van der Waals surface area contributed by atoms with Crippen LogP contribution in [0.25, 0.3) is 10.4 Å². The Morgan fingerprint density at radius 1 is 1.23 bits per heavy atom. The zero-order chi connectivity index (χ0) is 18.3. The van der Waals surface area contributed by atoms with E-state index in [0.29, 0.717) is 5.13 Å². The van der Waals surface area contributed by atoms with Gasteiger partial charge in [0.15, 0.2) is 5.13 Å². The lowest BCUT2D eigenvalue weighted by atomic mass is 10.2. The van der Waals surface area contributed by atoms with Gasteiger partial charge in [0.2, 0.25) is 0 Å². The number of thiazole rings is 1. The van der Waals surface area contributed by atoms with E-state index in [2.05, 4.69) is 16.2 Å². The lowest BCUT2D eigenvalue weighted by Gasteiger charge is -2.04. The van der Waals surface area contributed by atoms with Crippen LogP contribution in [-0.2, 0) is 12.8 Å². The van der Waals surface area contributed by atoms with E-state index in [1.807, 2.05) is 6.07 Å². The van der Waals surface area contributed by atoms with Crippen LogP contribution in [0, 0.1) is 24.0 Å². The molecule has 0 saturated heterocycles. The highest BCUT2D eigenvalue weighted by Crippen LogP contribution is 2.42. The summed E-state index contributed by atoms with van der Waals surface area (Å²) in [7, 11) is 0. The summed E-state index contributed by atoms with van der Waals surface area (Å²) in [5.41, 5.74) is 1.31. The molecule has 1 N–H and O–H groups in total. The van der Waals surface area contributed by atoms with Gasteiger partial charge in [-0.05, 0) is 37.5 Å². The van der Waals surface area contributed by atoms with Gasteiger partial charge in [0.05, 0.1) is 15.4 Å². The second kappa shape index (κ2) is 6.63. The molecule has 1 aliphatic rings. The van der Waals surface area contributed by atoms with Gasteiger partial charge in [-0.1, -0.05) is 23.3 Å². The van der Waals surface area contributed by atoms with Gasteiger partial charge in [0.1, 0.15) is 17.2 Å².